The molecule has 1 heterocycles. The highest BCUT2D eigenvalue weighted by molar-refractivity contribution is 6.33. The van der Waals surface area contributed by atoms with Crippen LogP contribution < -0.4 is 0 Å². The van der Waals surface area contributed by atoms with Crippen LogP contribution in [0.15, 0.2) is 57.3 Å². The van der Waals surface area contributed by atoms with Crippen molar-refractivity contribution in [2.45, 2.75) is 0 Å². The summed E-state index contributed by atoms with van der Waals surface area (Å²) >= 11 is 5.94. The van der Waals surface area contributed by atoms with Crippen LogP contribution in [0.25, 0.3) is 0 Å². The summed E-state index contributed by atoms with van der Waals surface area (Å²) in [6.07, 6.45) is 4.72. The number of hydrogen-bond acceptors (Lipinski definition) is 3. The van der Waals surface area contributed by atoms with Crippen molar-refractivity contribution in [2.75, 3.05) is 0 Å². The number of benzene rings is 1. The number of halogens is 1. The third-order valence-corrected chi connectivity index (χ3v) is 2.24. The molecular formula is C12H9ClN2O. The van der Waals surface area contributed by atoms with Gasteiger partial charge >= 0.3 is 0 Å². The Hall–Kier alpha value is -1.87. The first-order chi connectivity index (χ1) is 7.86. The van der Waals surface area contributed by atoms with Crippen LogP contribution >= 0.6 is 11.6 Å². The quantitative estimate of drug-likeness (QED) is 0.591. The van der Waals surface area contributed by atoms with Crippen LogP contribution in [0.4, 0.5) is 0 Å². The van der Waals surface area contributed by atoms with Gasteiger partial charge in [0, 0.05) is 10.6 Å². The van der Waals surface area contributed by atoms with Gasteiger partial charge in [0.25, 0.3) is 0 Å². The molecule has 0 atom stereocenters. The minimum atomic E-state index is 0.652. The van der Waals surface area contributed by atoms with Crippen LogP contribution in [0.1, 0.15) is 11.3 Å². The van der Waals surface area contributed by atoms with E-state index in [1.54, 1.807) is 30.7 Å². The topological polar surface area (TPSA) is 37.9 Å². The van der Waals surface area contributed by atoms with Crippen molar-refractivity contribution in [2.24, 2.45) is 10.2 Å². The summed E-state index contributed by atoms with van der Waals surface area (Å²) in [7, 11) is 0. The summed E-state index contributed by atoms with van der Waals surface area (Å²) in [5.41, 5.74) is 0.834. The van der Waals surface area contributed by atoms with Gasteiger partial charge in [0.2, 0.25) is 0 Å². The lowest BCUT2D eigenvalue weighted by molar-refractivity contribution is 0.560. The minimum Gasteiger partial charge on any atom is -0.463 e. The van der Waals surface area contributed by atoms with E-state index < -0.39 is 0 Å². The molecule has 1 aromatic carbocycles. The van der Waals surface area contributed by atoms with Gasteiger partial charge in [0.05, 0.1) is 18.7 Å². The molecule has 0 aliphatic heterocycles. The maximum Gasteiger partial charge on any atom is 0.146 e. The molecule has 0 aliphatic carbocycles. The van der Waals surface area contributed by atoms with Crippen LogP contribution in [0.2, 0.25) is 5.02 Å². The average Bonchev–Trinajstić information content (AvgIpc) is 2.79. The highest BCUT2D eigenvalue weighted by Crippen LogP contribution is 2.12. The van der Waals surface area contributed by atoms with Crippen LogP contribution in [0.3, 0.4) is 0 Å². The zero-order valence-corrected chi connectivity index (χ0v) is 9.13. The van der Waals surface area contributed by atoms with Gasteiger partial charge < -0.3 is 4.42 Å². The number of hydrogen-bond donors (Lipinski definition) is 0. The van der Waals surface area contributed by atoms with Crippen LogP contribution in [0.5, 0.6) is 0 Å². The second kappa shape index (κ2) is 5.28. The Kier molecular flexibility index (Phi) is 3.51. The lowest BCUT2D eigenvalue weighted by Crippen LogP contribution is -1.81. The molecule has 0 radical (unpaired) electrons. The molecule has 0 spiro atoms. The Bertz CT molecular complexity index is 503. The van der Waals surface area contributed by atoms with Crippen molar-refractivity contribution in [1.82, 2.24) is 0 Å². The van der Waals surface area contributed by atoms with E-state index in [0.29, 0.717) is 10.8 Å². The summed E-state index contributed by atoms with van der Waals surface area (Å²) in [6, 6.07) is 11.0. The smallest absolute Gasteiger partial charge is 0.146 e. The summed E-state index contributed by atoms with van der Waals surface area (Å²) in [5, 5.41) is 8.37. The summed E-state index contributed by atoms with van der Waals surface area (Å²) < 4.78 is 5.06. The third kappa shape index (κ3) is 2.81. The monoisotopic (exact) mass is 232 g/mol. The largest absolute Gasteiger partial charge is 0.463 e. The van der Waals surface area contributed by atoms with Gasteiger partial charge in [0.15, 0.2) is 0 Å². The minimum absolute atomic E-state index is 0.652. The first-order valence-corrected chi connectivity index (χ1v) is 5.08. The zero-order chi connectivity index (χ0) is 11.2. The molecule has 0 bridgehead atoms. The molecule has 3 nitrogen and oxygen atoms in total. The molecule has 0 amide bonds. The van der Waals surface area contributed by atoms with Gasteiger partial charge in [-0.25, -0.2) is 0 Å². The van der Waals surface area contributed by atoms with Crippen molar-refractivity contribution in [1.29, 1.82) is 0 Å². The molecule has 0 saturated carbocycles. The second-order valence-electron chi connectivity index (χ2n) is 3.03. The molecule has 2 rings (SSSR count). The van der Waals surface area contributed by atoms with Gasteiger partial charge in [-0.2, -0.15) is 10.2 Å². The summed E-state index contributed by atoms with van der Waals surface area (Å²) in [6.45, 7) is 0. The van der Waals surface area contributed by atoms with Crippen molar-refractivity contribution >= 4 is 24.0 Å². The Labute approximate surface area is 98.1 Å². The lowest BCUT2D eigenvalue weighted by Gasteiger charge is -1.93. The molecule has 4 heteroatoms. The van der Waals surface area contributed by atoms with E-state index in [2.05, 4.69) is 10.2 Å². The molecule has 16 heavy (non-hydrogen) atoms. The standard InChI is InChI=1S/C12H9ClN2O/c13-12-6-2-1-4-10(12)8-14-15-9-11-5-3-7-16-11/h1-9H/b14-8-,15-9+. The maximum atomic E-state index is 5.94. The van der Waals surface area contributed by atoms with Crippen LogP contribution in [0, 0.1) is 0 Å². The molecule has 0 aliphatic rings. The molecule has 1 aromatic heterocycles. The number of rotatable bonds is 3. The highest BCUT2D eigenvalue weighted by atomic mass is 35.5. The first kappa shape index (κ1) is 10.6. The third-order valence-electron chi connectivity index (χ3n) is 1.90. The van der Waals surface area contributed by atoms with E-state index in [1.165, 1.54) is 6.21 Å². The van der Waals surface area contributed by atoms with Gasteiger partial charge in [-0.15, -0.1) is 0 Å². The Morgan fingerprint density at radius 2 is 1.81 bits per heavy atom. The molecule has 0 fully saturated rings. The summed E-state index contributed by atoms with van der Waals surface area (Å²) in [5.74, 6) is 0.663. The molecule has 0 saturated heterocycles. The Balaban J connectivity index is 2.03. The van der Waals surface area contributed by atoms with E-state index in [9.17, 15) is 0 Å². The van der Waals surface area contributed by atoms with E-state index in [0.717, 1.165) is 5.56 Å². The van der Waals surface area contributed by atoms with Gasteiger partial charge in [0.1, 0.15) is 5.76 Å². The van der Waals surface area contributed by atoms with Crippen molar-refractivity contribution in [3.8, 4) is 0 Å². The van der Waals surface area contributed by atoms with E-state index in [-0.39, 0.29) is 0 Å². The summed E-state index contributed by atoms with van der Waals surface area (Å²) in [4.78, 5) is 0. The fraction of sp³-hybridized carbons (Fsp3) is 0. The van der Waals surface area contributed by atoms with Gasteiger partial charge in [-0.1, -0.05) is 29.8 Å². The lowest BCUT2D eigenvalue weighted by atomic mass is 10.2. The van der Waals surface area contributed by atoms with Gasteiger partial charge in [-0.3, -0.25) is 0 Å². The van der Waals surface area contributed by atoms with Crippen molar-refractivity contribution < 1.29 is 4.42 Å². The zero-order valence-electron chi connectivity index (χ0n) is 8.38. The molecule has 0 N–H and O–H groups in total. The molecule has 0 unspecified atom stereocenters. The first-order valence-electron chi connectivity index (χ1n) is 4.71. The number of nitrogens with zero attached hydrogens (tertiary/aromatic N) is 2. The van der Waals surface area contributed by atoms with Crippen molar-refractivity contribution in [3.63, 3.8) is 0 Å². The SMILES string of the molecule is Clc1ccccc1/C=N\N=C\c1ccco1. The normalized spacial score (nSPS) is 11.6. The van der Waals surface area contributed by atoms with Gasteiger partial charge in [-0.05, 0) is 18.2 Å². The average molecular weight is 233 g/mol. The highest BCUT2D eigenvalue weighted by Gasteiger charge is 1.93. The molecule has 2 aromatic rings. The fourth-order valence-corrected chi connectivity index (χ4v) is 1.31. The van der Waals surface area contributed by atoms with E-state index in [4.69, 9.17) is 16.0 Å². The Morgan fingerprint density at radius 1 is 1.00 bits per heavy atom. The Morgan fingerprint density at radius 3 is 2.56 bits per heavy atom. The predicted molar refractivity (Wildman–Crippen MR) is 65.3 cm³/mol. The second-order valence-corrected chi connectivity index (χ2v) is 3.43. The van der Waals surface area contributed by atoms with Crippen molar-refractivity contribution in [3.05, 3.63) is 59.0 Å². The molecular weight excluding hydrogens is 224 g/mol. The fourth-order valence-electron chi connectivity index (χ4n) is 1.13. The van der Waals surface area contributed by atoms with E-state index >= 15 is 0 Å². The van der Waals surface area contributed by atoms with Crippen LogP contribution in [-0.2, 0) is 0 Å². The maximum absolute atomic E-state index is 5.94. The molecule has 80 valence electrons. The van der Waals surface area contributed by atoms with Crippen LogP contribution in [-0.4, -0.2) is 12.4 Å². The van der Waals surface area contributed by atoms with E-state index in [1.807, 2.05) is 18.2 Å². The number of furan rings is 1. The predicted octanol–water partition coefficient (Wildman–Crippen LogP) is 3.39.